The molecule has 25 heavy (non-hydrogen) atoms. The van der Waals surface area contributed by atoms with Crippen molar-refractivity contribution in [1.29, 1.82) is 0 Å². The lowest BCUT2D eigenvalue weighted by Gasteiger charge is -2.08. The minimum absolute atomic E-state index is 0.0512. The topological polar surface area (TPSA) is 55.4 Å². The highest BCUT2D eigenvalue weighted by Gasteiger charge is 2.14. The van der Waals surface area contributed by atoms with Gasteiger partial charge in [0.2, 0.25) is 0 Å². The van der Waals surface area contributed by atoms with Crippen LogP contribution >= 0.6 is 35.0 Å². The van der Waals surface area contributed by atoms with E-state index in [-0.39, 0.29) is 10.6 Å². The lowest BCUT2D eigenvalue weighted by Crippen LogP contribution is -2.21. The number of carbonyl (C=O) groups excluding carboxylic acids is 2. The Morgan fingerprint density at radius 2 is 1.80 bits per heavy atom. The minimum atomic E-state index is -2.52. The van der Waals surface area contributed by atoms with Crippen LogP contribution in [0.2, 0.25) is 10.0 Å². The standard InChI is InChI=1S/C16H11Cl2F2NO3S/c17-9-1-6-13(18)12(7-9)15(23)24-8-14(22)21-10-2-4-11(5-3-10)25-16(19)20/h1-7,16H,8H2,(H,21,22). The number of halogens is 4. The van der Waals surface area contributed by atoms with Crippen molar-refractivity contribution in [3.05, 3.63) is 58.1 Å². The molecule has 0 aliphatic rings. The maximum Gasteiger partial charge on any atom is 0.340 e. The van der Waals surface area contributed by atoms with Crippen molar-refractivity contribution in [1.82, 2.24) is 0 Å². The van der Waals surface area contributed by atoms with Crippen LogP contribution in [-0.4, -0.2) is 24.2 Å². The Hall–Kier alpha value is -1.83. The van der Waals surface area contributed by atoms with Crippen molar-refractivity contribution in [3.8, 4) is 0 Å². The second-order valence-corrected chi connectivity index (χ2v) is 6.56. The molecule has 4 nitrogen and oxygen atoms in total. The number of hydrogen-bond donors (Lipinski definition) is 1. The van der Waals surface area contributed by atoms with Gasteiger partial charge in [-0.15, -0.1) is 0 Å². The van der Waals surface area contributed by atoms with Crippen molar-refractivity contribution in [2.75, 3.05) is 11.9 Å². The molecule has 0 bridgehead atoms. The summed E-state index contributed by atoms with van der Waals surface area (Å²) in [6.45, 7) is -0.533. The first-order valence-electron chi connectivity index (χ1n) is 6.82. The molecule has 1 amide bonds. The molecule has 0 saturated heterocycles. The molecule has 0 fully saturated rings. The van der Waals surface area contributed by atoms with Gasteiger partial charge in [0.15, 0.2) is 6.61 Å². The Labute approximate surface area is 156 Å². The third kappa shape index (κ3) is 6.19. The third-order valence-electron chi connectivity index (χ3n) is 2.85. The van der Waals surface area contributed by atoms with Crippen LogP contribution in [0.15, 0.2) is 47.4 Å². The largest absolute Gasteiger partial charge is 0.452 e. The molecular weight excluding hydrogens is 395 g/mol. The smallest absolute Gasteiger partial charge is 0.340 e. The molecule has 0 atom stereocenters. The summed E-state index contributed by atoms with van der Waals surface area (Å²) in [6, 6.07) is 10.1. The van der Waals surface area contributed by atoms with Crippen molar-refractivity contribution >= 4 is 52.5 Å². The summed E-state index contributed by atoms with van der Waals surface area (Å²) in [6.07, 6.45) is 0. The summed E-state index contributed by atoms with van der Waals surface area (Å²) < 4.78 is 29.3. The Balaban J connectivity index is 1.88. The summed E-state index contributed by atoms with van der Waals surface area (Å²) >= 11 is 12.1. The predicted octanol–water partition coefficient (Wildman–Crippen LogP) is 5.10. The minimum Gasteiger partial charge on any atom is -0.452 e. The van der Waals surface area contributed by atoms with E-state index in [2.05, 4.69) is 5.32 Å². The van der Waals surface area contributed by atoms with Crippen LogP contribution in [-0.2, 0) is 9.53 Å². The average molecular weight is 406 g/mol. The van der Waals surface area contributed by atoms with Gasteiger partial charge in [0.05, 0.1) is 10.6 Å². The summed E-state index contributed by atoms with van der Waals surface area (Å²) in [5.41, 5.74) is 0.441. The molecule has 0 unspecified atom stereocenters. The zero-order chi connectivity index (χ0) is 18.4. The molecule has 9 heteroatoms. The van der Waals surface area contributed by atoms with Crippen molar-refractivity contribution in [2.45, 2.75) is 10.7 Å². The van der Waals surface area contributed by atoms with Crippen LogP contribution in [0.3, 0.4) is 0 Å². The number of ether oxygens (including phenoxy) is 1. The molecular formula is C16H11Cl2F2NO3S. The Kier molecular flexibility index (Phi) is 7.04. The van der Waals surface area contributed by atoms with E-state index >= 15 is 0 Å². The summed E-state index contributed by atoms with van der Waals surface area (Å²) in [5.74, 6) is -3.88. The molecule has 2 aromatic rings. The number of thioether (sulfide) groups is 1. The summed E-state index contributed by atoms with van der Waals surface area (Å²) in [4.78, 5) is 24.1. The SMILES string of the molecule is O=C(COC(=O)c1cc(Cl)ccc1Cl)Nc1ccc(SC(F)F)cc1. The number of esters is 1. The first kappa shape index (κ1) is 19.5. The van der Waals surface area contributed by atoms with Gasteiger partial charge in [-0.05, 0) is 42.5 Å². The van der Waals surface area contributed by atoms with Gasteiger partial charge in [-0.2, -0.15) is 8.78 Å². The molecule has 0 heterocycles. The second kappa shape index (κ2) is 9.03. The lowest BCUT2D eigenvalue weighted by molar-refractivity contribution is -0.119. The van der Waals surface area contributed by atoms with E-state index in [1.54, 1.807) is 0 Å². The van der Waals surface area contributed by atoms with E-state index < -0.39 is 24.2 Å². The quantitative estimate of drug-likeness (QED) is 0.536. The molecule has 1 N–H and O–H groups in total. The van der Waals surface area contributed by atoms with Crippen LogP contribution in [0.5, 0.6) is 0 Å². The van der Waals surface area contributed by atoms with E-state index in [9.17, 15) is 18.4 Å². The number of carbonyl (C=O) groups is 2. The number of benzene rings is 2. The van der Waals surface area contributed by atoms with E-state index in [0.29, 0.717) is 27.4 Å². The zero-order valence-electron chi connectivity index (χ0n) is 12.5. The summed E-state index contributed by atoms with van der Waals surface area (Å²) in [7, 11) is 0. The monoisotopic (exact) mass is 405 g/mol. The van der Waals surface area contributed by atoms with E-state index in [1.807, 2.05) is 0 Å². The fraction of sp³-hybridized carbons (Fsp3) is 0.125. The van der Waals surface area contributed by atoms with Crippen LogP contribution in [0.25, 0.3) is 0 Å². The molecule has 2 rings (SSSR count). The molecule has 2 aromatic carbocycles. The van der Waals surface area contributed by atoms with Crippen molar-refractivity contribution in [3.63, 3.8) is 0 Å². The normalized spacial score (nSPS) is 10.6. The Bertz CT molecular complexity index is 772. The van der Waals surface area contributed by atoms with Gasteiger partial charge in [-0.3, -0.25) is 4.79 Å². The summed E-state index contributed by atoms with van der Waals surface area (Å²) in [5, 5.41) is 2.95. The zero-order valence-corrected chi connectivity index (χ0v) is 14.8. The molecule has 0 saturated carbocycles. The van der Waals surface area contributed by atoms with Crippen LogP contribution in [0.1, 0.15) is 10.4 Å². The highest BCUT2D eigenvalue weighted by atomic mass is 35.5. The van der Waals surface area contributed by atoms with Gasteiger partial charge in [-0.25, -0.2) is 4.79 Å². The maximum absolute atomic E-state index is 12.2. The number of amides is 1. The number of rotatable bonds is 6. The molecule has 0 spiro atoms. The van der Waals surface area contributed by atoms with E-state index in [0.717, 1.165) is 0 Å². The lowest BCUT2D eigenvalue weighted by atomic mass is 10.2. The first-order valence-corrected chi connectivity index (χ1v) is 8.45. The van der Waals surface area contributed by atoms with Crippen LogP contribution in [0, 0.1) is 0 Å². The first-order chi connectivity index (χ1) is 11.8. The molecule has 0 radical (unpaired) electrons. The number of anilines is 1. The van der Waals surface area contributed by atoms with Gasteiger partial charge < -0.3 is 10.1 Å². The van der Waals surface area contributed by atoms with Crippen LogP contribution in [0.4, 0.5) is 14.5 Å². The maximum atomic E-state index is 12.2. The number of alkyl halides is 2. The van der Waals surface area contributed by atoms with Crippen molar-refractivity contribution < 1.29 is 23.1 Å². The molecule has 132 valence electrons. The molecule has 0 aliphatic carbocycles. The van der Waals surface area contributed by atoms with E-state index in [4.69, 9.17) is 27.9 Å². The fourth-order valence-corrected chi connectivity index (χ4v) is 2.65. The van der Waals surface area contributed by atoms with Gasteiger partial charge in [0.25, 0.3) is 11.7 Å². The highest BCUT2D eigenvalue weighted by molar-refractivity contribution is 7.99. The number of hydrogen-bond acceptors (Lipinski definition) is 4. The van der Waals surface area contributed by atoms with Crippen molar-refractivity contribution in [2.24, 2.45) is 0 Å². The highest BCUT2D eigenvalue weighted by Crippen LogP contribution is 2.26. The molecule has 0 aliphatic heterocycles. The third-order valence-corrected chi connectivity index (χ3v) is 4.13. The van der Waals surface area contributed by atoms with E-state index in [1.165, 1.54) is 42.5 Å². The number of nitrogens with one attached hydrogen (secondary N) is 1. The average Bonchev–Trinajstić information content (AvgIpc) is 2.56. The van der Waals surface area contributed by atoms with Gasteiger partial charge >= 0.3 is 5.97 Å². The van der Waals surface area contributed by atoms with Crippen LogP contribution < -0.4 is 5.32 Å². The second-order valence-electron chi connectivity index (χ2n) is 4.65. The fourth-order valence-electron chi connectivity index (χ4n) is 1.78. The predicted molar refractivity (Wildman–Crippen MR) is 93.7 cm³/mol. The molecule has 0 aromatic heterocycles. The van der Waals surface area contributed by atoms with Gasteiger partial charge in [0.1, 0.15) is 0 Å². The van der Waals surface area contributed by atoms with Gasteiger partial charge in [-0.1, -0.05) is 35.0 Å². The van der Waals surface area contributed by atoms with Gasteiger partial charge in [0, 0.05) is 15.6 Å². The Morgan fingerprint density at radius 1 is 1.12 bits per heavy atom. The Morgan fingerprint density at radius 3 is 2.44 bits per heavy atom.